The Bertz CT molecular complexity index is 1190. The topological polar surface area (TPSA) is 84.6 Å². The molecule has 0 aliphatic carbocycles. The van der Waals surface area contributed by atoms with Gasteiger partial charge in [-0.3, -0.25) is 10.1 Å². The summed E-state index contributed by atoms with van der Waals surface area (Å²) in [6.45, 7) is 0. The van der Waals surface area contributed by atoms with E-state index >= 15 is 0 Å². The minimum Gasteiger partial charge on any atom is -0.274 e. The molecule has 5 rings (SSSR count). The first-order valence-electron chi connectivity index (χ1n) is 7.73. The van der Waals surface area contributed by atoms with Gasteiger partial charge >= 0.3 is 0 Å². The van der Waals surface area contributed by atoms with E-state index in [1.165, 1.54) is 11.3 Å². The molecule has 26 heavy (non-hydrogen) atoms. The molecule has 9 heteroatoms. The molecule has 0 radical (unpaired) electrons. The van der Waals surface area contributed by atoms with E-state index in [1.54, 1.807) is 10.7 Å². The van der Waals surface area contributed by atoms with E-state index < -0.39 is 0 Å². The summed E-state index contributed by atoms with van der Waals surface area (Å²) in [4.78, 5) is 5.03. The second kappa shape index (κ2) is 6.01. The smallest absolute Gasteiger partial charge is 0.235 e. The van der Waals surface area contributed by atoms with Crippen LogP contribution in [0, 0.1) is 0 Å². The summed E-state index contributed by atoms with van der Waals surface area (Å²) in [5, 5.41) is 21.9. The van der Waals surface area contributed by atoms with E-state index in [-0.39, 0.29) is 0 Å². The zero-order chi connectivity index (χ0) is 17.5. The highest BCUT2D eigenvalue weighted by Gasteiger charge is 2.17. The Morgan fingerprint density at radius 2 is 1.88 bits per heavy atom. The maximum Gasteiger partial charge on any atom is 0.235 e. The summed E-state index contributed by atoms with van der Waals surface area (Å²) < 4.78 is 1.70. The van der Waals surface area contributed by atoms with Gasteiger partial charge in [0.1, 0.15) is 11.4 Å². The molecule has 7 nitrogen and oxygen atoms in total. The van der Waals surface area contributed by atoms with Crippen molar-refractivity contribution in [3.63, 3.8) is 0 Å². The number of H-pyrrole nitrogens is 1. The fraction of sp³-hybridized carbons (Fsp3) is 0. The Labute approximate surface area is 156 Å². The summed E-state index contributed by atoms with van der Waals surface area (Å²) in [7, 11) is 0. The average molecular weight is 380 g/mol. The van der Waals surface area contributed by atoms with Crippen molar-refractivity contribution in [1.29, 1.82) is 0 Å². The van der Waals surface area contributed by atoms with Gasteiger partial charge in [0.2, 0.25) is 10.8 Å². The number of hydrogen-bond donors (Lipinski definition) is 1. The Balaban J connectivity index is 1.55. The number of nitrogens with one attached hydrogen (secondary N) is 1. The van der Waals surface area contributed by atoms with Crippen molar-refractivity contribution in [2.24, 2.45) is 0 Å². The van der Waals surface area contributed by atoms with Crippen LogP contribution in [0.25, 0.3) is 38.4 Å². The number of benzene rings is 1. The quantitative estimate of drug-likeness (QED) is 0.513. The predicted octanol–water partition coefficient (Wildman–Crippen LogP) is 3.96. The second-order valence-electron chi connectivity index (χ2n) is 5.51. The van der Waals surface area contributed by atoms with E-state index in [0.29, 0.717) is 15.8 Å². The van der Waals surface area contributed by atoms with E-state index in [1.807, 2.05) is 48.5 Å². The molecule has 0 fully saturated rings. The molecule has 0 saturated heterocycles. The molecule has 0 unspecified atom stereocenters. The highest BCUT2D eigenvalue weighted by molar-refractivity contribution is 7.19. The van der Waals surface area contributed by atoms with Crippen LogP contribution in [0.1, 0.15) is 0 Å². The largest absolute Gasteiger partial charge is 0.274 e. The van der Waals surface area contributed by atoms with Crippen molar-refractivity contribution in [2.75, 3.05) is 0 Å². The van der Waals surface area contributed by atoms with Gasteiger partial charge in [-0.15, -0.1) is 10.2 Å². The van der Waals surface area contributed by atoms with Crippen molar-refractivity contribution >= 4 is 27.9 Å². The lowest BCUT2D eigenvalue weighted by atomic mass is 10.1. The highest BCUT2D eigenvalue weighted by atomic mass is 35.5. The number of aromatic nitrogens is 7. The van der Waals surface area contributed by atoms with Crippen LogP contribution in [-0.2, 0) is 0 Å². The van der Waals surface area contributed by atoms with Crippen LogP contribution in [0.4, 0.5) is 0 Å². The number of rotatable bonds is 3. The number of pyridine rings is 1. The molecule has 1 aromatic carbocycles. The molecule has 0 spiro atoms. The monoisotopic (exact) mass is 379 g/mol. The molecule has 0 atom stereocenters. The Kier molecular flexibility index (Phi) is 3.51. The summed E-state index contributed by atoms with van der Waals surface area (Å²) in [5.74, 6) is 0.603. The Hall–Kier alpha value is -3.10. The van der Waals surface area contributed by atoms with Gasteiger partial charge in [0.15, 0.2) is 5.01 Å². The van der Waals surface area contributed by atoms with E-state index in [0.717, 1.165) is 27.7 Å². The molecular weight excluding hydrogens is 370 g/mol. The van der Waals surface area contributed by atoms with Crippen LogP contribution in [0.2, 0.25) is 5.02 Å². The summed E-state index contributed by atoms with van der Waals surface area (Å²) in [6.07, 6.45) is 1.74. The number of aromatic amines is 1. The van der Waals surface area contributed by atoms with Gasteiger partial charge in [0.25, 0.3) is 0 Å². The van der Waals surface area contributed by atoms with Crippen molar-refractivity contribution in [3.05, 3.63) is 59.8 Å². The van der Waals surface area contributed by atoms with Crippen LogP contribution in [0.15, 0.2) is 54.7 Å². The van der Waals surface area contributed by atoms with Crippen molar-refractivity contribution in [1.82, 2.24) is 35.0 Å². The van der Waals surface area contributed by atoms with Crippen molar-refractivity contribution in [2.45, 2.75) is 0 Å². The van der Waals surface area contributed by atoms with E-state index in [9.17, 15) is 0 Å². The number of nitrogens with zero attached hydrogens (tertiary/aromatic N) is 6. The summed E-state index contributed by atoms with van der Waals surface area (Å²) in [5.41, 5.74) is 3.31. The van der Waals surface area contributed by atoms with Crippen LogP contribution in [-0.4, -0.2) is 35.0 Å². The molecule has 0 aliphatic rings. The zero-order valence-corrected chi connectivity index (χ0v) is 14.7. The average Bonchev–Trinajstić information content (AvgIpc) is 3.38. The first kappa shape index (κ1) is 15.2. The van der Waals surface area contributed by atoms with Crippen LogP contribution in [0.3, 0.4) is 0 Å². The first-order chi connectivity index (χ1) is 12.8. The first-order valence-corrected chi connectivity index (χ1v) is 8.93. The third-order valence-corrected chi connectivity index (χ3v) is 5.01. The highest BCUT2D eigenvalue weighted by Crippen LogP contribution is 2.28. The standard InChI is InChI=1S/C17H10ClN7S/c18-11-6-4-10(5-7-11)13-9-14(21-20-13)15-22-23-17-25(15)24-16(26-17)12-3-1-2-8-19-12/h1-9H,(H,20,21). The fourth-order valence-corrected chi connectivity index (χ4v) is 3.52. The molecule has 0 aliphatic heterocycles. The summed E-state index contributed by atoms with van der Waals surface area (Å²) in [6, 6.07) is 15.1. The predicted molar refractivity (Wildman–Crippen MR) is 99.9 cm³/mol. The Morgan fingerprint density at radius 3 is 2.69 bits per heavy atom. The minimum absolute atomic E-state index is 0.603. The number of hydrogen-bond acceptors (Lipinski definition) is 6. The van der Waals surface area contributed by atoms with Gasteiger partial charge in [0.05, 0.1) is 5.69 Å². The fourth-order valence-electron chi connectivity index (χ4n) is 2.58. The van der Waals surface area contributed by atoms with E-state index in [2.05, 4.69) is 30.5 Å². The molecule has 1 N–H and O–H groups in total. The van der Waals surface area contributed by atoms with Gasteiger partial charge in [0, 0.05) is 16.8 Å². The lowest BCUT2D eigenvalue weighted by molar-refractivity contribution is 0.952. The third-order valence-electron chi connectivity index (χ3n) is 3.83. The van der Waals surface area contributed by atoms with Crippen LogP contribution >= 0.6 is 22.9 Å². The number of halogens is 1. The molecule has 0 saturated carbocycles. The van der Waals surface area contributed by atoms with Gasteiger partial charge in [-0.25, -0.2) is 0 Å². The van der Waals surface area contributed by atoms with Gasteiger partial charge < -0.3 is 0 Å². The lowest BCUT2D eigenvalue weighted by Crippen LogP contribution is -1.91. The van der Waals surface area contributed by atoms with Crippen molar-refractivity contribution < 1.29 is 0 Å². The zero-order valence-electron chi connectivity index (χ0n) is 13.2. The maximum absolute atomic E-state index is 5.94. The maximum atomic E-state index is 5.94. The second-order valence-corrected chi connectivity index (χ2v) is 6.91. The molecule has 4 heterocycles. The van der Waals surface area contributed by atoms with Crippen LogP contribution in [0.5, 0.6) is 0 Å². The molecular formula is C17H10ClN7S. The number of fused-ring (bicyclic) bond motifs is 1. The minimum atomic E-state index is 0.603. The molecule has 0 bridgehead atoms. The Morgan fingerprint density at radius 1 is 1.00 bits per heavy atom. The van der Waals surface area contributed by atoms with Gasteiger partial charge in [-0.1, -0.05) is 41.1 Å². The van der Waals surface area contributed by atoms with Gasteiger partial charge in [-0.05, 0) is 30.3 Å². The van der Waals surface area contributed by atoms with Crippen LogP contribution < -0.4 is 0 Å². The molecule has 0 amide bonds. The molecule has 126 valence electrons. The molecule has 4 aromatic heterocycles. The summed E-state index contributed by atoms with van der Waals surface area (Å²) >= 11 is 7.38. The van der Waals surface area contributed by atoms with E-state index in [4.69, 9.17) is 11.6 Å². The lowest BCUT2D eigenvalue weighted by Gasteiger charge is -1.95. The van der Waals surface area contributed by atoms with Crippen molar-refractivity contribution in [3.8, 4) is 33.5 Å². The third kappa shape index (κ3) is 2.56. The normalized spacial score (nSPS) is 11.3. The van der Waals surface area contributed by atoms with Gasteiger partial charge in [-0.2, -0.15) is 14.7 Å². The molecule has 5 aromatic rings. The SMILES string of the molecule is Clc1ccc(-c2cc(-c3nnc4sc(-c5ccccn5)nn34)[nH]n2)cc1.